The number of likely N-dealkylation sites (tertiary alicyclic amines) is 1. The lowest BCUT2D eigenvalue weighted by molar-refractivity contribution is 0.209. The Bertz CT molecular complexity index is 460. The second kappa shape index (κ2) is 6.04. The predicted octanol–water partition coefficient (Wildman–Crippen LogP) is 1.93. The summed E-state index contributed by atoms with van der Waals surface area (Å²) in [7, 11) is 0. The largest absolute Gasteiger partial charge is 0.468 e. The molecule has 0 bridgehead atoms. The zero-order chi connectivity index (χ0) is 12.9. The van der Waals surface area contributed by atoms with Crippen molar-refractivity contribution >= 4 is 0 Å². The molecule has 3 heterocycles. The highest BCUT2D eigenvalue weighted by Crippen LogP contribution is 2.24. The van der Waals surface area contributed by atoms with E-state index < -0.39 is 0 Å². The molecule has 1 atom stereocenters. The van der Waals surface area contributed by atoms with Gasteiger partial charge in [0.2, 0.25) is 0 Å². The fraction of sp³-hybridized carbons (Fsp3) is 0.500. The summed E-state index contributed by atoms with van der Waals surface area (Å²) in [5.74, 6) is 2.02. The van der Waals surface area contributed by atoms with Crippen LogP contribution in [0, 0.1) is 0 Å². The Labute approximate surface area is 113 Å². The molecule has 1 aliphatic rings. The fourth-order valence-electron chi connectivity index (χ4n) is 2.67. The molecular formula is C14H20N4O. The molecule has 3 rings (SSSR count). The number of furan rings is 1. The van der Waals surface area contributed by atoms with Gasteiger partial charge < -0.3 is 14.7 Å². The average Bonchev–Trinajstić information content (AvgIpc) is 3.15. The van der Waals surface area contributed by atoms with Crippen molar-refractivity contribution in [2.24, 2.45) is 0 Å². The summed E-state index contributed by atoms with van der Waals surface area (Å²) in [4.78, 5) is 9.82. The number of hydrogen-bond acceptors (Lipinski definition) is 4. The second-order valence-corrected chi connectivity index (χ2v) is 4.94. The molecule has 19 heavy (non-hydrogen) atoms. The first-order valence-electron chi connectivity index (χ1n) is 6.90. The SMILES string of the molecule is c1coc(C(CNCc2ncc[nH]2)N2CCCC2)c1. The maximum absolute atomic E-state index is 5.59. The van der Waals surface area contributed by atoms with Crippen molar-refractivity contribution in [1.82, 2.24) is 20.2 Å². The van der Waals surface area contributed by atoms with Gasteiger partial charge in [0.15, 0.2) is 0 Å². The van der Waals surface area contributed by atoms with Crippen molar-refractivity contribution in [1.29, 1.82) is 0 Å². The van der Waals surface area contributed by atoms with Crippen LogP contribution in [0.3, 0.4) is 0 Å². The lowest BCUT2D eigenvalue weighted by Gasteiger charge is -2.25. The van der Waals surface area contributed by atoms with Crippen LogP contribution in [0.25, 0.3) is 0 Å². The first-order valence-corrected chi connectivity index (χ1v) is 6.90. The van der Waals surface area contributed by atoms with Crippen molar-refractivity contribution in [3.8, 4) is 0 Å². The standard InChI is InChI=1S/C14H20N4O/c1-2-8-18(7-1)12(13-4-3-9-19-13)10-15-11-14-16-5-6-17-14/h3-6,9,12,15H,1-2,7-8,10-11H2,(H,16,17). The van der Waals surface area contributed by atoms with E-state index in [1.807, 2.05) is 12.3 Å². The highest BCUT2D eigenvalue weighted by molar-refractivity contribution is 5.06. The van der Waals surface area contributed by atoms with Crippen molar-refractivity contribution in [3.05, 3.63) is 42.4 Å². The summed E-state index contributed by atoms with van der Waals surface area (Å²) >= 11 is 0. The normalized spacial score (nSPS) is 17.9. The first kappa shape index (κ1) is 12.4. The van der Waals surface area contributed by atoms with E-state index in [9.17, 15) is 0 Å². The van der Waals surface area contributed by atoms with Crippen molar-refractivity contribution in [2.75, 3.05) is 19.6 Å². The van der Waals surface area contributed by atoms with E-state index in [-0.39, 0.29) is 0 Å². The lowest BCUT2D eigenvalue weighted by Crippen LogP contribution is -2.33. The second-order valence-electron chi connectivity index (χ2n) is 4.94. The molecule has 0 aliphatic carbocycles. The molecular weight excluding hydrogens is 240 g/mol. The maximum Gasteiger partial charge on any atom is 0.122 e. The van der Waals surface area contributed by atoms with Crippen molar-refractivity contribution in [2.45, 2.75) is 25.4 Å². The molecule has 1 unspecified atom stereocenters. The Morgan fingerprint density at radius 2 is 2.32 bits per heavy atom. The molecule has 2 N–H and O–H groups in total. The van der Waals surface area contributed by atoms with E-state index in [1.165, 1.54) is 12.8 Å². The number of nitrogens with zero attached hydrogens (tertiary/aromatic N) is 2. The Morgan fingerprint density at radius 3 is 3.00 bits per heavy atom. The van der Waals surface area contributed by atoms with Gasteiger partial charge in [-0.15, -0.1) is 0 Å². The molecule has 2 aromatic heterocycles. The van der Waals surface area contributed by atoms with Gasteiger partial charge in [-0.1, -0.05) is 0 Å². The summed E-state index contributed by atoms with van der Waals surface area (Å²) in [5.41, 5.74) is 0. The molecule has 102 valence electrons. The van der Waals surface area contributed by atoms with E-state index in [0.29, 0.717) is 6.04 Å². The minimum atomic E-state index is 0.326. The number of rotatable bonds is 6. The summed E-state index contributed by atoms with van der Waals surface area (Å²) in [6, 6.07) is 4.36. The molecule has 1 fully saturated rings. The Kier molecular flexibility index (Phi) is 3.95. The van der Waals surface area contributed by atoms with Gasteiger partial charge >= 0.3 is 0 Å². The van der Waals surface area contributed by atoms with E-state index in [1.54, 1.807) is 12.5 Å². The number of aromatic nitrogens is 2. The van der Waals surface area contributed by atoms with Gasteiger partial charge in [-0.25, -0.2) is 4.98 Å². The monoisotopic (exact) mass is 260 g/mol. The van der Waals surface area contributed by atoms with Crippen LogP contribution in [0.1, 0.15) is 30.5 Å². The molecule has 2 aromatic rings. The third-order valence-electron chi connectivity index (χ3n) is 3.64. The van der Waals surface area contributed by atoms with Crippen LogP contribution in [-0.2, 0) is 6.54 Å². The average molecular weight is 260 g/mol. The summed E-state index contributed by atoms with van der Waals surface area (Å²) < 4.78 is 5.59. The lowest BCUT2D eigenvalue weighted by atomic mass is 10.2. The number of imidazole rings is 1. The van der Waals surface area contributed by atoms with E-state index in [0.717, 1.165) is 37.8 Å². The van der Waals surface area contributed by atoms with Crippen LogP contribution in [-0.4, -0.2) is 34.5 Å². The molecule has 0 amide bonds. The Morgan fingerprint density at radius 1 is 1.42 bits per heavy atom. The minimum absolute atomic E-state index is 0.326. The molecule has 0 aromatic carbocycles. The van der Waals surface area contributed by atoms with E-state index >= 15 is 0 Å². The molecule has 0 saturated carbocycles. The summed E-state index contributed by atoms with van der Waals surface area (Å²) in [6.07, 6.45) is 7.96. The minimum Gasteiger partial charge on any atom is -0.468 e. The molecule has 0 radical (unpaired) electrons. The third-order valence-corrected chi connectivity index (χ3v) is 3.64. The highest BCUT2D eigenvalue weighted by atomic mass is 16.3. The van der Waals surface area contributed by atoms with Gasteiger partial charge in [0.05, 0.1) is 18.8 Å². The predicted molar refractivity (Wildman–Crippen MR) is 72.6 cm³/mol. The highest BCUT2D eigenvalue weighted by Gasteiger charge is 2.25. The molecule has 5 heteroatoms. The van der Waals surface area contributed by atoms with Gasteiger partial charge in [0.25, 0.3) is 0 Å². The van der Waals surface area contributed by atoms with Gasteiger partial charge in [-0.05, 0) is 38.1 Å². The molecule has 0 spiro atoms. The number of hydrogen-bond donors (Lipinski definition) is 2. The van der Waals surface area contributed by atoms with Gasteiger partial charge in [-0.2, -0.15) is 0 Å². The number of aromatic amines is 1. The zero-order valence-electron chi connectivity index (χ0n) is 11.0. The quantitative estimate of drug-likeness (QED) is 0.833. The summed E-state index contributed by atoms with van der Waals surface area (Å²) in [6.45, 7) is 3.97. The van der Waals surface area contributed by atoms with Crippen LogP contribution < -0.4 is 5.32 Å². The van der Waals surface area contributed by atoms with Gasteiger partial charge in [-0.3, -0.25) is 4.90 Å². The van der Waals surface area contributed by atoms with Gasteiger partial charge in [0, 0.05) is 18.9 Å². The fourth-order valence-corrected chi connectivity index (χ4v) is 2.67. The molecule has 1 saturated heterocycles. The first-order chi connectivity index (χ1) is 9.43. The molecule has 1 aliphatic heterocycles. The smallest absolute Gasteiger partial charge is 0.122 e. The van der Waals surface area contributed by atoms with Gasteiger partial charge in [0.1, 0.15) is 11.6 Å². The topological polar surface area (TPSA) is 57.1 Å². The van der Waals surface area contributed by atoms with Crippen molar-refractivity contribution < 1.29 is 4.42 Å². The summed E-state index contributed by atoms with van der Waals surface area (Å²) in [5, 5.41) is 3.46. The van der Waals surface area contributed by atoms with Crippen molar-refractivity contribution in [3.63, 3.8) is 0 Å². The van der Waals surface area contributed by atoms with Crippen LogP contribution in [0.5, 0.6) is 0 Å². The number of H-pyrrole nitrogens is 1. The maximum atomic E-state index is 5.59. The van der Waals surface area contributed by atoms with E-state index in [4.69, 9.17) is 4.42 Å². The van der Waals surface area contributed by atoms with Crippen LogP contribution in [0.2, 0.25) is 0 Å². The third kappa shape index (κ3) is 3.05. The molecule has 5 nitrogen and oxygen atoms in total. The van der Waals surface area contributed by atoms with E-state index in [2.05, 4.69) is 26.3 Å². The Hall–Kier alpha value is -1.59. The Balaban J connectivity index is 1.59. The van der Waals surface area contributed by atoms with Crippen LogP contribution in [0.4, 0.5) is 0 Å². The zero-order valence-corrected chi connectivity index (χ0v) is 11.0. The van der Waals surface area contributed by atoms with Crippen LogP contribution in [0.15, 0.2) is 35.2 Å². The number of nitrogens with one attached hydrogen (secondary N) is 2. The van der Waals surface area contributed by atoms with Crippen LogP contribution >= 0.6 is 0 Å².